The fourth-order valence-electron chi connectivity index (χ4n) is 4.07. The van der Waals surface area contributed by atoms with E-state index in [9.17, 15) is 4.79 Å². The van der Waals surface area contributed by atoms with Crippen LogP contribution in [0.1, 0.15) is 26.2 Å². The Morgan fingerprint density at radius 1 is 1.23 bits per heavy atom. The molecule has 3 N–H and O–H groups in total. The maximum Gasteiger partial charge on any atom is 0.229 e. The largest absolute Gasteiger partial charge is 0.381 e. The van der Waals surface area contributed by atoms with Crippen LogP contribution in [0.15, 0.2) is 24.7 Å². The zero-order valence-corrected chi connectivity index (χ0v) is 18.5. The average Bonchev–Trinajstić information content (AvgIpc) is 2.80. The molecule has 0 radical (unpaired) electrons. The smallest absolute Gasteiger partial charge is 0.229 e. The molecule has 0 aromatic carbocycles. The number of carbonyl (C=O) groups is 1. The van der Waals surface area contributed by atoms with Gasteiger partial charge in [-0.15, -0.1) is 0 Å². The summed E-state index contributed by atoms with van der Waals surface area (Å²) in [7, 11) is 0. The van der Waals surface area contributed by atoms with Gasteiger partial charge in [-0.25, -0.2) is 9.97 Å². The third-order valence-electron chi connectivity index (χ3n) is 5.87. The van der Waals surface area contributed by atoms with Crippen LogP contribution in [0.3, 0.4) is 0 Å². The molecule has 9 heteroatoms. The van der Waals surface area contributed by atoms with Crippen LogP contribution in [0.25, 0.3) is 11.3 Å². The number of carbonyl (C=O) groups excluding carboxylic acids is 1. The first-order valence-electron chi connectivity index (χ1n) is 10.9. The van der Waals surface area contributed by atoms with Crippen molar-refractivity contribution in [1.29, 1.82) is 0 Å². The highest BCUT2D eigenvalue weighted by molar-refractivity contribution is 6.33. The Balaban J connectivity index is 1.44. The molecule has 2 saturated heterocycles. The number of rotatable bonds is 6. The van der Waals surface area contributed by atoms with Gasteiger partial charge >= 0.3 is 0 Å². The summed E-state index contributed by atoms with van der Waals surface area (Å²) in [6.45, 7) is 6.24. The van der Waals surface area contributed by atoms with E-state index in [1.165, 1.54) is 6.20 Å². The van der Waals surface area contributed by atoms with Gasteiger partial charge in [-0.05, 0) is 43.7 Å². The maximum absolute atomic E-state index is 12.7. The van der Waals surface area contributed by atoms with Crippen molar-refractivity contribution in [2.45, 2.75) is 26.2 Å². The zero-order chi connectivity index (χ0) is 21.6. The third kappa shape index (κ3) is 5.90. The van der Waals surface area contributed by atoms with Crippen LogP contribution in [-0.4, -0.2) is 53.7 Å². The van der Waals surface area contributed by atoms with Crippen LogP contribution in [-0.2, 0) is 9.53 Å². The first-order chi connectivity index (χ1) is 15.1. The Bertz CT molecular complexity index is 905. The van der Waals surface area contributed by atoms with E-state index in [0.29, 0.717) is 46.3 Å². The normalized spacial score (nSPS) is 22.1. The molecule has 0 unspecified atom stereocenters. The molecule has 0 aliphatic carbocycles. The van der Waals surface area contributed by atoms with Crippen LogP contribution in [0, 0.1) is 17.8 Å². The summed E-state index contributed by atoms with van der Waals surface area (Å²) in [6, 6.07) is 1.76. The molecular weight excluding hydrogens is 416 g/mol. The number of piperidine rings is 1. The molecular formula is C22H29ClN6O2. The molecule has 2 aliphatic heterocycles. The topological polar surface area (TPSA) is 101 Å². The van der Waals surface area contributed by atoms with Gasteiger partial charge in [0.15, 0.2) is 0 Å². The SMILES string of the molecule is C[C@H]1CNC[C@H](C(=O)Nc2cc(-c3cncc(NCC4CCOCC4)n3)c(Cl)cn2)C1. The van der Waals surface area contributed by atoms with Crippen molar-refractivity contribution in [3.8, 4) is 11.3 Å². The summed E-state index contributed by atoms with van der Waals surface area (Å²) in [5.41, 5.74) is 1.32. The first-order valence-corrected chi connectivity index (χ1v) is 11.3. The van der Waals surface area contributed by atoms with Gasteiger partial charge in [-0.3, -0.25) is 9.78 Å². The predicted molar refractivity (Wildman–Crippen MR) is 121 cm³/mol. The van der Waals surface area contributed by atoms with Gasteiger partial charge in [0, 0.05) is 38.1 Å². The molecule has 4 heterocycles. The summed E-state index contributed by atoms with van der Waals surface area (Å²) < 4.78 is 5.41. The molecule has 2 fully saturated rings. The van der Waals surface area contributed by atoms with Crippen LogP contribution >= 0.6 is 11.6 Å². The number of pyridine rings is 1. The number of aromatic nitrogens is 3. The van der Waals surface area contributed by atoms with E-state index in [1.807, 2.05) is 0 Å². The van der Waals surface area contributed by atoms with Gasteiger partial charge < -0.3 is 20.7 Å². The van der Waals surface area contributed by atoms with E-state index in [1.54, 1.807) is 18.5 Å². The highest BCUT2D eigenvalue weighted by Gasteiger charge is 2.25. The highest BCUT2D eigenvalue weighted by atomic mass is 35.5. The van der Waals surface area contributed by atoms with Crippen molar-refractivity contribution in [1.82, 2.24) is 20.3 Å². The Labute approximate surface area is 187 Å². The van der Waals surface area contributed by atoms with E-state index in [-0.39, 0.29) is 11.8 Å². The second-order valence-corrected chi connectivity index (χ2v) is 8.87. The van der Waals surface area contributed by atoms with Crippen molar-refractivity contribution in [2.75, 3.05) is 43.5 Å². The van der Waals surface area contributed by atoms with E-state index in [0.717, 1.165) is 45.6 Å². The molecule has 31 heavy (non-hydrogen) atoms. The first kappa shape index (κ1) is 21.9. The molecule has 166 valence electrons. The van der Waals surface area contributed by atoms with Gasteiger partial charge in [0.25, 0.3) is 0 Å². The van der Waals surface area contributed by atoms with E-state index >= 15 is 0 Å². The number of ether oxygens (including phenoxy) is 1. The maximum atomic E-state index is 12.7. The number of hydrogen-bond donors (Lipinski definition) is 3. The van der Waals surface area contributed by atoms with Crippen molar-refractivity contribution in [3.05, 3.63) is 29.7 Å². The van der Waals surface area contributed by atoms with Gasteiger partial charge in [0.1, 0.15) is 11.6 Å². The molecule has 2 aromatic rings. The number of nitrogens with zero attached hydrogens (tertiary/aromatic N) is 3. The van der Waals surface area contributed by atoms with Crippen LogP contribution in [0.5, 0.6) is 0 Å². The van der Waals surface area contributed by atoms with Crippen molar-refractivity contribution in [2.24, 2.45) is 17.8 Å². The lowest BCUT2D eigenvalue weighted by molar-refractivity contribution is -0.120. The lowest BCUT2D eigenvalue weighted by Gasteiger charge is -2.26. The fourth-order valence-corrected chi connectivity index (χ4v) is 4.27. The van der Waals surface area contributed by atoms with Gasteiger partial charge in [0.2, 0.25) is 5.91 Å². The van der Waals surface area contributed by atoms with Crippen molar-refractivity contribution in [3.63, 3.8) is 0 Å². The Morgan fingerprint density at radius 3 is 2.87 bits per heavy atom. The van der Waals surface area contributed by atoms with Gasteiger partial charge in [0.05, 0.1) is 29.0 Å². The lowest BCUT2D eigenvalue weighted by Crippen LogP contribution is -2.41. The highest BCUT2D eigenvalue weighted by Crippen LogP contribution is 2.29. The standard InChI is InChI=1S/C22H29ClN6O2/c1-14-6-16(10-24-8-14)22(30)29-20-7-17(18(23)11-27-20)19-12-25-13-21(28-19)26-9-15-2-4-31-5-3-15/h7,11-16,24H,2-6,8-10H2,1H3,(H,26,28)(H,27,29,30)/t14-,16-/m1/s1. The Morgan fingerprint density at radius 2 is 2.06 bits per heavy atom. The van der Waals surface area contributed by atoms with Gasteiger partial charge in [-0.2, -0.15) is 0 Å². The monoisotopic (exact) mass is 444 g/mol. The quantitative estimate of drug-likeness (QED) is 0.628. The molecule has 4 rings (SSSR count). The number of nitrogens with one attached hydrogen (secondary N) is 3. The average molecular weight is 445 g/mol. The van der Waals surface area contributed by atoms with E-state index < -0.39 is 0 Å². The van der Waals surface area contributed by atoms with E-state index in [2.05, 4.69) is 37.8 Å². The summed E-state index contributed by atoms with van der Waals surface area (Å²) in [5.74, 6) is 2.11. The molecule has 2 atom stereocenters. The second-order valence-electron chi connectivity index (χ2n) is 8.46. The second kappa shape index (κ2) is 10.3. The lowest BCUT2D eigenvalue weighted by atomic mass is 9.91. The van der Waals surface area contributed by atoms with E-state index in [4.69, 9.17) is 16.3 Å². The molecule has 0 spiro atoms. The fraction of sp³-hybridized carbons (Fsp3) is 0.545. The van der Waals surface area contributed by atoms with Crippen molar-refractivity contribution >= 4 is 29.1 Å². The van der Waals surface area contributed by atoms with Crippen LogP contribution in [0.2, 0.25) is 5.02 Å². The summed E-state index contributed by atoms with van der Waals surface area (Å²) in [6.07, 6.45) is 7.88. The summed E-state index contributed by atoms with van der Waals surface area (Å²) in [4.78, 5) is 25.9. The predicted octanol–water partition coefficient (Wildman–Crippen LogP) is 3.21. The minimum absolute atomic E-state index is 0.0298. The third-order valence-corrected chi connectivity index (χ3v) is 6.17. The molecule has 2 aliphatic rings. The minimum Gasteiger partial charge on any atom is -0.381 e. The molecule has 0 saturated carbocycles. The Kier molecular flexibility index (Phi) is 7.32. The molecule has 2 aromatic heterocycles. The number of anilines is 2. The van der Waals surface area contributed by atoms with Crippen LogP contribution < -0.4 is 16.0 Å². The summed E-state index contributed by atoms with van der Waals surface area (Å²) >= 11 is 6.40. The number of halogens is 1. The van der Waals surface area contributed by atoms with Crippen LogP contribution in [0.4, 0.5) is 11.6 Å². The zero-order valence-electron chi connectivity index (χ0n) is 17.7. The molecule has 1 amide bonds. The summed E-state index contributed by atoms with van der Waals surface area (Å²) in [5, 5.41) is 10.1. The number of amides is 1. The van der Waals surface area contributed by atoms with Crippen molar-refractivity contribution < 1.29 is 9.53 Å². The Hall–Kier alpha value is -2.29. The minimum atomic E-state index is -0.0674. The van der Waals surface area contributed by atoms with Gasteiger partial charge in [-0.1, -0.05) is 18.5 Å². The molecule has 0 bridgehead atoms. The molecule has 8 nitrogen and oxygen atoms in total. The number of hydrogen-bond acceptors (Lipinski definition) is 7.